The van der Waals surface area contributed by atoms with Gasteiger partial charge in [-0.2, -0.15) is 0 Å². The number of fused-ring (bicyclic) bond motifs is 1. The van der Waals surface area contributed by atoms with E-state index < -0.39 is 0 Å². The molecule has 3 N–H and O–H groups in total. The highest BCUT2D eigenvalue weighted by molar-refractivity contribution is 6.34. The summed E-state index contributed by atoms with van der Waals surface area (Å²) in [5, 5.41) is 4.06. The molecule has 0 unspecified atom stereocenters. The molecule has 1 amide bonds. The van der Waals surface area contributed by atoms with E-state index in [9.17, 15) is 4.79 Å². The largest absolute Gasteiger partial charge is 0.399 e. The summed E-state index contributed by atoms with van der Waals surface area (Å²) in [7, 11) is 0. The van der Waals surface area contributed by atoms with Crippen LogP contribution < -0.4 is 11.1 Å². The third-order valence-corrected chi connectivity index (χ3v) is 3.44. The van der Waals surface area contributed by atoms with Crippen LogP contribution in [0.1, 0.15) is 10.4 Å². The Kier molecular flexibility index (Phi) is 3.46. The van der Waals surface area contributed by atoms with Crippen molar-refractivity contribution < 1.29 is 4.79 Å². The zero-order valence-electron chi connectivity index (χ0n) is 11.0. The maximum Gasteiger partial charge on any atom is 0.257 e. The van der Waals surface area contributed by atoms with Crippen LogP contribution in [0, 0.1) is 0 Å². The Morgan fingerprint density at radius 1 is 1.14 bits per heavy atom. The molecule has 0 bridgehead atoms. The maximum atomic E-state index is 12.3. The fourth-order valence-corrected chi connectivity index (χ4v) is 2.39. The molecule has 21 heavy (non-hydrogen) atoms. The molecule has 104 valence electrons. The van der Waals surface area contributed by atoms with Gasteiger partial charge >= 0.3 is 0 Å². The van der Waals surface area contributed by atoms with Crippen molar-refractivity contribution in [1.29, 1.82) is 0 Å². The highest BCUT2D eigenvalue weighted by Crippen LogP contribution is 2.24. The van der Waals surface area contributed by atoms with Gasteiger partial charge in [-0.25, -0.2) is 0 Å². The Labute approximate surface area is 126 Å². The van der Waals surface area contributed by atoms with E-state index in [4.69, 9.17) is 17.3 Å². The van der Waals surface area contributed by atoms with Crippen molar-refractivity contribution in [3.05, 3.63) is 65.3 Å². The average Bonchev–Trinajstić information content (AvgIpc) is 2.47. The average molecular weight is 298 g/mol. The van der Waals surface area contributed by atoms with Crippen molar-refractivity contribution in [2.24, 2.45) is 0 Å². The lowest BCUT2D eigenvalue weighted by atomic mass is 10.1. The molecule has 0 aliphatic rings. The number of benzene rings is 2. The van der Waals surface area contributed by atoms with Crippen molar-refractivity contribution in [2.75, 3.05) is 11.1 Å². The molecular formula is C16H12ClN3O. The minimum Gasteiger partial charge on any atom is -0.399 e. The molecule has 0 saturated carbocycles. The van der Waals surface area contributed by atoms with E-state index in [-0.39, 0.29) is 5.91 Å². The molecular weight excluding hydrogens is 286 g/mol. The first-order chi connectivity index (χ1) is 10.1. The number of anilines is 2. The molecule has 3 rings (SSSR count). The summed E-state index contributed by atoms with van der Waals surface area (Å²) < 4.78 is 0. The molecule has 0 aliphatic heterocycles. The van der Waals surface area contributed by atoms with Crippen LogP contribution in [-0.4, -0.2) is 10.9 Å². The van der Waals surface area contributed by atoms with E-state index in [1.807, 2.05) is 30.3 Å². The number of hydrogen-bond donors (Lipinski definition) is 2. The summed E-state index contributed by atoms with van der Waals surface area (Å²) >= 11 is 6.06. The number of hydrogen-bond acceptors (Lipinski definition) is 3. The normalized spacial score (nSPS) is 10.5. The van der Waals surface area contributed by atoms with Crippen LogP contribution in [0.25, 0.3) is 10.9 Å². The Balaban J connectivity index is 1.97. The summed E-state index contributed by atoms with van der Waals surface area (Å²) in [6.45, 7) is 0. The summed E-state index contributed by atoms with van der Waals surface area (Å²) in [4.78, 5) is 16.6. The predicted octanol–water partition coefficient (Wildman–Crippen LogP) is 3.72. The summed E-state index contributed by atoms with van der Waals surface area (Å²) in [6, 6.07) is 14.1. The number of nitrogens with two attached hydrogens (primary N) is 1. The van der Waals surface area contributed by atoms with Crippen LogP contribution in [0.15, 0.2) is 54.7 Å². The number of nitrogens with zero attached hydrogens (tertiary/aromatic N) is 1. The molecule has 0 spiro atoms. The smallest absolute Gasteiger partial charge is 0.257 e. The van der Waals surface area contributed by atoms with Gasteiger partial charge in [-0.05, 0) is 42.5 Å². The second-order valence-electron chi connectivity index (χ2n) is 4.57. The lowest BCUT2D eigenvalue weighted by Gasteiger charge is -2.09. The monoisotopic (exact) mass is 297 g/mol. The van der Waals surface area contributed by atoms with Crippen molar-refractivity contribution in [3.8, 4) is 0 Å². The number of halogens is 1. The first kappa shape index (κ1) is 13.4. The first-order valence-electron chi connectivity index (χ1n) is 6.35. The maximum absolute atomic E-state index is 12.3. The van der Waals surface area contributed by atoms with Crippen molar-refractivity contribution in [2.45, 2.75) is 0 Å². The van der Waals surface area contributed by atoms with Gasteiger partial charge in [-0.15, -0.1) is 0 Å². The molecule has 4 nitrogen and oxygen atoms in total. The molecule has 1 heterocycles. The highest BCUT2D eigenvalue weighted by Gasteiger charge is 2.12. The second-order valence-corrected chi connectivity index (χ2v) is 4.98. The molecule has 0 atom stereocenters. The van der Waals surface area contributed by atoms with Crippen LogP contribution in [0.5, 0.6) is 0 Å². The lowest BCUT2D eigenvalue weighted by molar-refractivity contribution is 0.102. The summed E-state index contributed by atoms with van der Waals surface area (Å²) in [6.07, 6.45) is 1.71. The number of aromatic nitrogens is 1. The lowest BCUT2D eigenvalue weighted by Crippen LogP contribution is -2.13. The fraction of sp³-hybridized carbons (Fsp3) is 0. The number of rotatable bonds is 2. The number of pyridine rings is 1. The minimum atomic E-state index is -0.281. The first-order valence-corrected chi connectivity index (χ1v) is 6.73. The van der Waals surface area contributed by atoms with Crippen molar-refractivity contribution in [1.82, 2.24) is 4.98 Å². The van der Waals surface area contributed by atoms with Crippen LogP contribution in [0.3, 0.4) is 0 Å². The van der Waals surface area contributed by atoms with Gasteiger partial charge in [0.25, 0.3) is 5.91 Å². The molecule has 0 saturated heterocycles. The van der Waals surface area contributed by atoms with Crippen LogP contribution in [0.4, 0.5) is 11.4 Å². The summed E-state index contributed by atoms with van der Waals surface area (Å²) in [5.74, 6) is -0.281. The standard InChI is InChI=1S/C16H12ClN3O/c17-13-9-10(18)6-7-11(13)16(21)20-15-5-1-4-14-12(15)3-2-8-19-14/h1-9H,18H2,(H,20,21). The topological polar surface area (TPSA) is 68.0 Å². The van der Waals surface area contributed by atoms with Crippen molar-refractivity contribution in [3.63, 3.8) is 0 Å². The van der Waals surface area contributed by atoms with Crippen molar-refractivity contribution >= 4 is 39.8 Å². The SMILES string of the molecule is Nc1ccc(C(=O)Nc2cccc3ncccc23)c(Cl)c1. The van der Waals surface area contributed by atoms with Gasteiger partial charge in [0.2, 0.25) is 0 Å². The van der Waals surface area contributed by atoms with E-state index in [0.717, 1.165) is 10.9 Å². The zero-order chi connectivity index (χ0) is 14.8. The summed E-state index contributed by atoms with van der Waals surface area (Å²) in [5.41, 5.74) is 8.04. The molecule has 3 aromatic rings. The van der Waals surface area contributed by atoms with E-state index >= 15 is 0 Å². The third-order valence-electron chi connectivity index (χ3n) is 3.13. The van der Waals surface area contributed by atoms with Crippen LogP contribution in [0.2, 0.25) is 5.02 Å². The number of amides is 1. The highest BCUT2D eigenvalue weighted by atomic mass is 35.5. The third kappa shape index (κ3) is 2.66. The molecule has 1 aromatic heterocycles. The Hall–Kier alpha value is -2.59. The number of carbonyl (C=O) groups excluding carboxylic acids is 1. The van der Waals surface area contributed by atoms with Gasteiger partial charge in [0.1, 0.15) is 0 Å². The quantitative estimate of drug-likeness (QED) is 0.708. The van der Waals surface area contributed by atoms with E-state index in [1.165, 1.54) is 0 Å². The number of nitrogen functional groups attached to an aromatic ring is 1. The Morgan fingerprint density at radius 3 is 2.81 bits per heavy atom. The fourth-order valence-electron chi connectivity index (χ4n) is 2.12. The van der Waals surface area contributed by atoms with Crippen LogP contribution >= 0.6 is 11.6 Å². The molecule has 0 aliphatic carbocycles. The predicted molar refractivity (Wildman–Crippen MR) is 85.6 cm³/mol. The Bertz CT molecular complexity index is 827. The van der Waals surface area contributed by atoms with Gasteiger partial charge in [0, 0.05) is 17.3 Å². The van der Waals surface area contributed by atoms with Gasteiger partial charge in [0.05, 0.1) is 21.8 Å². The number of nitrogens with one attached hydrogen (secondary N) is 1. The molecule has 0 radical (unpaired) electrons. The Morgan fingerprint density at radius 2 is 2.00 bits per heavy atom. The van der Waals surface area contributed by atoms with Crippen LogP contribution in [-0.2, 0) is 0 Å². The van der Waals surface area contributed by atoms with E-state index in [1.54, 1.807) is 24.4 Å². The molecule has 2 aromatic carbocycles. The van der Waals surface area contributed by atoms with Gasteiger partial charge < -0.3 is 11.1 Å². The minimum absolute atomic E-state index is 0.281. The number of carbonyl (C=O) groups is 1. The molecule has 5 heteroatoms. The van der Waals surface area contributed by atoms with E-state index in [2.05, 4.69) is 10.3 Å². The van der Waals surface area contributed by atoms with Gasteiger partial charge in [-0.1, -0.05) is 17.7 Å². The second kappa shape index (κ2) is 5.42. The van der Waals surface area contributed by atoms with Gasteiger partial charge in [0.15, 0.2) is 0 Å². The molecule has 0 fully saturated rings. The van der Waals surface area contributed by atoms with E-state index in [0.29, 0.717) is 22.0 Å². The van der Waals surface area contributed by atoms with Gasteiger partial charge in [-0.3, -0.25) is 9.78 Å². The zero-order valence-corrected chi connectivity index (χ0v) is 11.8.